The molecule has 1 aliphatic heterocycles. The van der Waals surface area contributed by atoms with Crippen molar-refractivity contribution in [2.24, 2.45) is 0 Å². The van der Waals surface area contributed by atoms with Crippen molar-refractivity contribution in [2.45, 2.75) is 56.4 Å². The number of hydrogen-bond donors (Lipinski definition) is 1. The molecule has 2 aromatic rings. The molecule has 210 valence electrons. The molecule has 1 aromatic carbocycles. The summed E-state index contributed by atoms with van der Waals surface area (Å²) in [4.78, 5) is 30.7. The SMILES string of the molecule is C[C@@](CCn1cc(F)c(-c2ccc(OCC(F)(F)F)cc2)cc1=O)(C(=O)NOC1CCCCO1)S(C)(=O)=O. The summed E-state index contributed by atoms with van der Waals surface area (Å²) in [5, 5.41) is 0. The third-order valence-corrected chi connectivity index (χ3v) is 8.22. The van der Waals surface area contributed by atoms with Gasteiger partial charge in [-0.1, -0.05) is 12.1 Å². The molecule has 2 atom stereocenters. The van der Waals surface area contributed by atoms with E-state index in [0.717, 1.165) is 35.9 Å². The zero-order valence-corrected chi connectivity index (χ0v) is 21.5. The number of carbonyl (C=O) groups is 1. The van der Waals surface area contributed by atoms with E-state index in [1.807, 2.05) is 0 Å². The van der Waals surface area contributed by atoms with Gasteiger partial charge in [0.15, 0.2) is 27.5 Å². The molecule has 3 rings (SSSR count). The van der Waals surface area contributed by atoms with Gasteiger partial charge in [-0.2, -0.15) is 13.2 Å². The fraction of sp³-hybridized carbons (Fsp3) is 0.500. The summed E-state index contributed by atoms with van der Waals surface area (Å²) >= 11 is 0. The third-order valence-electron chi connectivity index (χ3n) is 6.19. The average molecular weight is 565 g/mol. The zero-order valence-electron chi connectivity index (χ0n) is 20.7. The first-order valence-electron chi connectivity index (χ1n) is 11.7. The number of amides is 1. The highest BCUT2D eigenvalue weighted by molar-refractivity contribution is 7.92. The van der Waals surface area contributed by atoms with Gasteiger partial charge in [0.05, 0.1) is 0 Å². The van der Waals surface area contributed by atoms with Crippen LogP contribution in [-0.2, 0) is 30.8 Å². The lowest BCUT2D eigenvalue weighted by Crippen LogP contribution is -2.51. The van der Waals surface area contributed by atoms with Crippen LogP contribution in [0.25, 0.3) is 11.1 Å². The predicted octanol–water partition coefficient (Wildman–Crippen LogP) is 3.36. The van der Waals surface area contributed by atoms with Crippen molar-refractivity contribution >= 4 is 15.7 Å². The Labute approximate surface area is 216 Å². The number of nitrogens with zero attached hydrogens (tertiary/aromatic N) is 1. The van der Waals surface area contributed by atoms with Gasteiger partial charge in [0, 0.05) is 43.7 Å². The summed E-state index contributed by atoms with van der Waals surface area (Å²) in [5.41, 5.74) is 1.56. The van der Waals surface area contributed by atoms with Crippen LogP contribution in [0, 0.1) is 5.82 Å². The lowest BCUT2D eigenvalue weighted by molar-refractivity contribution is -0.201. The molecule has 0 aliphatic carbocycles. The van der Waals surface area contributed by atoms with Gasteiger partial charge in [0.1, 0.15) is 11.6 Å². The summed E-state index contributed by atoms with van der Waals surface area (Å²) in [7, 11) is -4.00. The summed E-state index contributed by atoms with van der Waals surface area (Å²) in [6.07, 6.45) is -1.63. The van der Waals surface area contributed by atoms with Gasteiger partial charge in [-0.3, -0.25) is 9.59 Å². The number of hydroxylamine groups is 1. The smallest absolute Gasteiger partial charge is 0.422 e. The molecular formula is C24H28F4N2O7S. The van der Waals surface area contributed by atoms with Crippen LogP contribution in [-0.4, -0.2) is 55.6 Å². The van der Waals surface area contributed by atoms with Crippen LogP contribution in [0.2, 0.25) is 0 Å². The summed E-state index contributed by atoms with van der Waals surface area (Å²) < 4.78 is 85.7. The Kier molecular flexibility index (Phi) is 9.21. The van der Waals surface area contributed by atoms with Crippen LogP contribution < -0.4 is 15.8 Å². The minimum absolute atomic E-state index is 0.0859. The molecule has 1 aromatic heterocycles. The van der Waals surface area contributed by atoms with E-state index in [2.05, 4.69) is 10.2 Å². The van der Waals surface area contributed by atoms with Crippen LogP contribution >= 0.6 is 0 Å². The topological polar surface area (TPSA) is 113 Å². The summed E-state index contributed by atoms with van der Waals surface area (Å²) in [5.74, 6) is -1.87. The Bertz CT molecular complexity index is 1290. The Hall–Kier alpha value is -2.97. The number of carbonyl (C=O) groups excluding carboxylic acids is 1. The third kappa shape index (κ3) is 7.54. The average Bonchev–Trinajstić information content (AvgIpc) is 2.86. The maximum atomic E-state index is 14.9. The molecule has 38 heavy (non-hydrogen) atoms. The standard InChI is InChI=1S/C24H28F4N2O7S/c1-23(38(2,33)34,22(32)29-37-21-5-3-4-12-35-21)10-11-30-14-19(25)18(13-20(30)31)16-6-8-17(9-7-16)36-15-24(26,27)28/h6-9,13-14,21H,3-5,10-12,15H2,1-2H3,(H,29,32)/t21?,23-/m1/s1. The highest BCUT2D eigenvalue weighted by atomic mass is 32.2. The number of sulfone groups is 1. The molecule has 0 saturated carbocycles. The maximum absolute atomic E-state index is 14.9. The fourth-order valence-electron chi connectivity index (χ4n) is 3.67. The van der Waals surface area contributed by atoms with E-state index < -0.39 is 50.9 Å². The molecule has 0 radical (unpaired) electrons. The molecule has 1 amide bonds. The molecule has 1 aliphatic rings. The molecule has 9 nitrogen and oxygen atoms in total. The normalized spacial score (nSPS) is 18.0. The van der Waals surface area contributed by atoms with E-state index in [1.165, 1.54) is 31.2 Å². The second kappa shape index (κ2) is 11.8. The Balaban J connectivity index is 1.72. The van der Waals surface area contributed by atoms with Crippen molar-refractivity contribution in [1.82, 2.24) is 10.0 Å². The first-order valence-corrected chi connectivity index (χ1v) is 13.6. The molecule has 1 N–H and O–H groups in total. The van der Waals surface area contributed by atoms with Crippen molar-refractivity contribution in [1.29, 1.82) is 0 Å². The first kappa shape index (κ1) is 29.6. The molecule has 1 unspecified atom stereocenters. The van der Waals surface area contributed by atoms with E-state index >= 15 is 0 Å². The van der Waals surface area contributed by atoms with E-state index in [-0.39, 0.29) is 29.8 Å². The number of pyridine rings is 1. The first-order chi connectivity index (χ1) is 17.7. The number of halogens is 4. The van der Waals surface area contributed by atoms with Crippen LogP contribution in [0.1, 0.15) is 32.6 Å². The Morgan fingerprint density at radius 2 is 1.89 bits per heavy atom. The monoisotopic (exact) mass is 564 g/mol. The van der Waals surface area contributed by atoms with Gasteiger partial charge >= 0.3 is 6.18 Å². The van der Waals surface area contributed by atoms with Gasteiger partial charge < -0.3 is 14.0 Å². The molecular weight excluding hydrogens is 536 g/mol. The number of hydrogen-bond acceptors (Lipinski definition) is 7. The number of aromatic nitrogens is 1. The lowest BCUT2D eigenvalue weighted by Gasteiger charge is -2.28. The van der Waals surface area contributed by atoms with Gasteiger partial charge in [0.2, 0.25) is 0 Å². The fourth-order valence-corrected chi connectivity index (χ4v) is 4.51. The number of aryl methyl sites for hydroxylation is 1. The van der Waals surface area contributed by atoms with Crippen LogP contribution in [0.3, 0.4) is 0 Å². The van der Waals surface area contributed by atoms with E-state index in [4.69, 9.17) is 9.57 Å². The molecule has 0 spiro atoms. The minimum Gasteiger partial charge on any atom is -0.484 e. The second-order valence-corrected chi connectivity index (χ2v) is 11.5. The molecule has 14 heteroatoms. The van der Waals surface area contributed by atoms with E-state index in [9.17, 15) is 35.6 Å². The lowest BCUT2D eigenvalue weighted by atomic mass is 10.1. The van der Waals surface area contributed by atoms with E-state index in [1.54, 1.807) is 0 Å². The zero-order chi connectivity index (χ0) is 28.1. The Morgan fingerprint density at radius 1 is 1.21 bits per heavy atom. The summed E-state index contributed by atoms with van der Waals surface area (Å²) in [6, 6.07) is 6.00. The summed E-state index contributed by atoms with van der Waals surface area (Å²) in [6.45, 7) is -0.163. The van der Waals surface area contributed by atoms with Gasteiger partial charge in [-0.05, 0) is 43.9 Å². The molecule has 2 heterocycles. The Morgan fingerprint density at radius 3 is 2.47 bits per heavy atom. The van der Waals surface area contributed by atoms with Crippen molar-refractivity contribution in [3.63, 3.8) is 0 Å². The van der Waals surface area contributed by atoms with Crippen molar-refractivity contribution in [3.8, 4) is 16.9 Å². The van der Waals surface area contributed by atoms with Crippen LogP contribution in [0.4, 0.5) is 17.6 Å². The number of benzene rings is 1. The number of nitrogens with one attached hydrogen (secondary N) is 1. The minimum atomic E-state index is -4.51. The molecule has 1 saturated heterocycles. The second-order valence-electron chi connectivity index (χ2n) is 9.09. The van der Waals surface area contributed by atoms with Gasteiger partial charge in [-0.15, -0.1) is 0 Å². The number of alkyl halides is 3. The van der Waals surface area contributed by atoms with Crippen LogP contribution in [0.15, 0.2) is 41.3 Å². The van der Waals surface area contributed by atoms with Crippen molar-refractivity contribution < 1.29 is 45.1 Å². The number of ether oxygens (including phenoxy) is 2. The predicted molar refractivity (Wildman–Crippen MR) is 128 cm³/mol. The van der Waals surface area contributed by atoms with E-state index in [0.29, 0.717) is 13.0 Å². The largest absolute Gasteiger partial charge is 0.484 e. The van der Waals surface area contributed by atoms with Crippen molar-refractivity contribution in [2.75, 3.05) is 19.5 Å². The van der Waals surface area contributed by atoms with Gasteiger partial charge in [0.25, 0.3) is 11.5 Å². The molecule has 0 bridgehead atoms. The van der Waals surface area contributed by atoms with Crippen molar-refractivity contribution in [3.05, 3.63) is 52.7 Å². The highest BCUT2D eigenvalue weighted by Gasteiger charge is 2.44. The highest BCUT2D eigenvalue weighted by Crippen LogP contribution is 2.26. The maximum Gasteiger partial charge on any atom is 0.422 e. The molecule has 1 fully saturated rings. The van der Waals surface area contributed by atoms with Crippen LogP contribution in [0.5, 0.6) is 5.75 Å². The number of rotatable bonds is 10. The van der Waals surface area contributed by atoms with Gasteiger partial charge in [-0.25, -0.2) is 23.1 Å². The quantitative estimate of drug-likeness (QED) is 0.348.